The van der Waals surface area contributed by atoms with Gasteiger partial charge in [0.2, 0.25) is 0 Å². The van der Waals surface area contributed by atoms with Crippen molar-refractivity contribution in [3.63, 3.8) is 0 Å². The van der Waals surface area contributed by atoms with Crippen LogP contribution in [0.1, 0.15) is 30.9 Å². The number of nitrogens with zero attached hydrogens (tertiary/aromatic N) is 1. The zero-order valence-electron chi connectivity index (χ0n) is 11.4. The number of benzene rings is 1. The normalized spacial score (nSPS) is 29.5. The summed E-state index contributed by atoms with van der Waals surface area (Å²) >= 11 is 0. The van der Waals surface area contributed by atoms with E-state index in [1.165, 1.54) is 24.8 Å². The quantitative estimate of drug-likeness (QED) is 0.873. The van der Waals surface area contributed by atoms with Crippen molar-refractivity contribution in [2.24, 2.45) is 11.7 Å². The minimum atomic E-state index is 0.266. The number of fused-ring (bicyclic) bond motifs is 1. The maximum atomic E-state index is 9.50. The second kappa shape index (κ2) is 5.02. The van der Waals surface area contributed by atoms with Crippen LogP contribution in [0.3, 0.4) is 0 Å². The summed E-state index contributed by atoms with van der Waals surface area (Å²) in [5.41, 5.74) is 7.07. The molecule has 4 heteroatoms. The highest BCUT2D eigenvalue weighted by Crippen LogP contribution is 2.41. The first kappa shape index (κ1) is 12.8. The Labute approximate surface area is 114 Å². The number of hydrogen-bond donors (Lipinski definition) is 2. The van der Waals surface area contributed by atoms with Crippen LogP contribution in [0.4, 0.5) is 0 Å². The van der Waals surface area contributed by atoms with Gasteiger partial charge in [-0.05, 0) is 44.5 Å². The van der Waals surface area contributed by atoms with Gasteiger partial charge in [0.25, 0.3) is 0 Å². The molecule has 104 valence electrons. The molecule has 3 unspecified atom stereocenters. The maximum Gasteiger partial charge on any atom is 0.127 e. The lowest BCUT2D eigenvalue weighted by Crippen LogP contribution is -2.40. The Morgan fingerprint density at radius 1 is 1.42 bits per heavy atom. The lowest BCUT2D eigenvalue weighted by atomic mass is 9.99. The predicted octanol–water partition coefficient (Wildman–Crippen LogP) is 1.88. The molecule has 1 fully saturated rings. The summed E-state index contributed by atoms with van der Waals surface area (Å²) in [7, 11) is 2.18. The van der Waals surface area contributed by atoms with Crippen molar-refractivity contribution in [2.75, 3.05) is 20.2 Å². The van der Waals surface area contributed by atoms with Crippen molar-refractivity contribution in [3.8, 4) is 11.5 Å². The molecule has 0 amide bonds. The average Bonchev–Trinajstić information content (AvgIpc) is 3.03. The molecular formula is C15H22N2O2. The summed E-state index contributed by atoms with van der Waals surface area (Å²) in [6, 6.07) is 6.26. The van der Waals surface area contributed by atoms with Crippen molar-refractivity contribution in [3.05, 3.63) is 23.8 Å². The summed E-state index contributed by atoms with van der Waals surface area (Å²) in [5, 5.41) is 9.50. The van der Waals surface area contributed by atoms with Gasteiger partial charge in [-0.1, -0.05) is 6.42 Å². The van der Waals surface area contributed by atoms with Gasteiger partial charge >= 0.3 is 0 Å². The minimum absolute atomic E-state index is 0.266. The fourth-order valence-electron chi connectivity index (χ4n) is 3.58. The summed E-state index contributed by atoms with van der Waals surface area (Å²) < 4.78 is 5.71. The fraction of sp³-hybridized carbons (Fsp3) is 0.600. The average molecular weight is 262 g/mol. The van der Waals surface area contributed by atoms with Crippen LogP contribution >= 0.6 is 0 Å². The molecule has 3 N–H and O–H groups in total. The lowest BCUT2D eigenvalue weighted by Gasteiger charge is -2.33. The molecule has 0 saturated heterocycles. The van der Waals surface area contributed by atoms with Gasteiger partial charge in [0.1, 0.15) is 18.1 Å². The van der Waals surface area contributed by atoms with Crippen molar-refractivity contribution in [2.45, 2.75) is 31.3 Å². The Bertz CT molecular complexity index is 463. The molecule has 0 radical (unpaired) electrons. The van der Waals surface area contributed by atoms with E-state index in [4.69, 9.17) is 10.5 Å². The molecule has 1 aromatic carbocycles. The standard InChI is InChI=1S/C15H22N2O2/c1-17(13-4-2-3-10(13)8-16)14-9-19-15-7-11(18)5-6-12(14)15/h5-7,10,13-14,18H,2-4,8-9,16H2,1H3. The Morgan fingerprint density at radius 3 is 3.05 bits per heavy atom. The zero-order valence-corrected chi connectivity index (χ0v) is 11.4. The third-order valence-corrected chi connectivity index (χ3v) is 4.69. The van der Waals surface area contributed by atoms with Crippen LogP contribution < -0.4 is 10.5 Å². The van der Waals surface area contributed by atoms with Gasteiger partial charge in [-0.15, -0.1) is 0 Å². The van der Waals surface area contributed by atoms with E-state index in [0.717, 1.165) is 12.3 Å². The number of rotatable bonds is 3. The highest BCUT2D eigenvalue weighted by molar-refractivity contribution is 5.44. The van der Waals surface area contributed by atoms with Crippen molar-refractivity contribution in [1.82, 2.24) is 4.90 Å². The van der Waals surface area contributed by atoms with E-state index in [-0.39, 0.29) is 11.8 Å². The highest BCUT2D eigenvalue weighted by atomic mass is 16.5. The Hall–Kier alpha value is -1.26. The molecule has 0 bridgehead atoms. The van der Waals surface area contributed by atoms with E-state index in [1.54, 1.807) is 12.1 Å². The van der Waals surface area contributed by atoms with Gasteiger partial charge in [0.05, 0.1) is 6.04 Å². The number of ether oxygens (including phenoxy) is 1. The SMILES string of the molecule is CN(C1COc2cc(O)ccc21)C1CCCC1CN. The molecule has 4 nitrogen and oxygen atoms in total. The third-order valence-electron chi connectivity index (χ3n) is 4.69. The smallest absolute Gasteiger partial charge is 0.127 e. The molecule has 0 aromatic heterocycles. The van der Waals surface area contributed by atoms with Crippen molar-refractivity contribution in [1.29, 1.82) is 0 Å². The minimum Gasteiger partial charge on any atom is -0.508 e. The lowest BCUT2D eigenvalue weighted by molar-refractivity contribution is 0.121. The predicted molar refractivity (Wildman–Crippen MR) is 74.3 cm³/mol. The van der Waals surface area contributed by atoms with Gasteiger partial charge in [-0.2, -0.15) is 0 Å². The summed E-state index contributed by atoms with van der Waals surface area (Å²) in [4.78, 5) is 2.42. The van der Waals surface area contributed by atoms with Gasteiger partial charge in [0, 0.05) is 17.7 Å². The Morgan fingerprint density at radius 2 is 2.26 bits per heavy atom. The largest absolute Gasteiger partial charge is 0.508 e. The molecule has 3 atom stereocenters. The van der Waals surface area contributed by atoms with Crippen LogP contribution in [0.15, 0.2) is 18.2 Å². The molecule has 1 aliphatic carbocycles. The second-order valence-electron chi connectivity index (χ2n) is 5.71. The molecular weight excluding hydrogens is 240 g/mol. The maximum absolute atomic E-state index is 9.50. The van der Waals surface area contributed by atoms with E-state index in [2.05, 4.69) is 11.9 Å². The summed E-state index contributed by atoms with van der Waals surface area (Å²) in [5.74, 6) is 1.69. The molecule has 3 rings (SSSR count). The van der Waals surface area contributed by atoms with E-state index in [1.807, 2.05) is 6.07 Å². The molecule has 0 spiro atoms. The number of nitrogens with two attached hydrogens (primary N) is 1. The Kier molecular flexibility index (Phi) is 3.37. The zero-order chi connectivity index (χ0) is 13.4. The number of phenolic OH excluding ortho intramolecular Hbond substituents is 1. The molecule has 1 aromatic rings. The van der Waals surface area contributed by atoms with Crippen molar-refractivity contribution >= 4 is 0 Å². The van der Waals surface area contributed by atoms with Gasteiger partial charge in [-0.3, -0.25) is 4.90 Å². The van der Waals surface area contributed by atoms with E-state index in [9.17, 15) is 5.11 Å². The molecule has 1 saturated carbocycles. The summed E-state index contributed by atoms with van der Waals surface area (Å²) in [6.45, 7) is 1.44. The second-order valence-corrected chi connectivity index (χ2v) is 5.71. The molecule has 1 aliphatic heterocycles. The number of phenols is 1. The van der Waals surface area contributed by atoms with Crippen LogP contribution in [0.25, 0.3) is 0 Å². The molecule has 19 heavy (non-hydrogen) atoms. The van der Waals surface area contributed by atoms with E-state index < -0.39 is 0 Å². The number of likely N-dealkylation sites (N-methyl/N-ethyl adjacent to an activating group) is 1. The van der Waals surface area contributed by atoms with Crippen LogP contribution in [0.2, 0.25) is 0 Å². The first-order valence-electron chi connectivity index (χ1n) is 7.08. The molecule has 1 heterocycles. The van der Waals surface area contributed by atoms with Gasteiger partial charge < -0.3 is 15.6 Å². The number of hydrogen-bond acceptors (Lipinski definition) is 4. The van der Waals surface area contributed by atoms with Gasteiger partial charge in [-0.25, -0.2) is 0 Å². The highest BCUT2D eigenvalue weighted by Gasteiger charge is 2.36. The van der Waals surface area contributed by atoms with Crippen LogP contribution in [0.5, 0.6) is 11.5 Å². The van der Waals surface area contributed by atoms with E-state index in [0.29, 0.717) is 18.6 Å². The first-order chi connectivity index (χ1) is 9.20. The van der Waals surface area contributed by atoms with Crippen LogP contribution in [0, 0.1) is 5.92 Å². The van der Waals surface area contributed by atoms with Crippen LogP contribution in [-0.4, -0.2) is 36.2 Å². The monoisotopic (exact) mass is 262 g/mol. The summed E-state index contributed by atoms with van der Waals surface area (Å²) in [6.07, 6.45) is 3.73. The Balaban J connectivity index is 1.81. The third kappa shape index (κ3) is 2.19. The fourth-order valence-corrected chi connectivity index (χ4v) is 3.58. The van der Waals surface area contributed by atoms with Crippen molar-refractivity contribution < 1.29 is 9.84 Å². The topological polar surface area (TPSA) is 58.7 Å². The van der Waals surface area contributed by atoms with E-state index >= 15 is 0 Å². The number of aromatic hydroxyl groups is 1. The van der Waals surface area contributed by atoms with Gasteiger partial charge in [0.15, 0.2) is 0 Å². The van der Waals surface area contributed by atoms with Crippen LogP contribution in [-0.2, 0) is 0 Å². The molecule has 2 aliphatic rings. The first-order valence-corrected chi connectivity index (χ1v) is 7.08.